The van der Waals surface area contributed by atoms with Gasteiger partial charge in [0.2, 0.25) is 5.95 Å². The maximum absolute atomic E-state index is 13.3. The standard InChI is InChI=1S/C18H17FN4O4S2/c1-12-10-13(2)21-18(20-12)23-28(24,25)16-8-6-15(7-9-16)22-29(26,27)17-5-3-4-14(19)11-17/h3-11,22H,1-2H3,(H,20,21,23). The van der Waals surface area contributed by atoms with Crippen molar-refractivity contribution in [3.05, 3.63) is 71.8 Å². The van der Waals surface area contributed by atoms with Crippen molar-refractivity contribution in [1.29, 1.82) is 0 Å². The smallest absolute Gasteiger partial charge is 0.264 e. The molecule has 11 heteroatoms. The van der Waals surface area contributed by atoms with Crippen LogP contribution in [0.1, 0.15) is 11.4 Å². The lowest BCUT2D eigenvalue weighted by Gasteiger charge is -2.10. The summed E-state index contributed by atoms with van der Waals surface area (Å²) in [4.78, 5) is 7.71. The second kappa shape index (κ2) is 7.76. The van der Waals surface area contributed by atoms with Crippen molar-refractivity contribution in [2.45, 2.75) is 23.6 Å². The van der Waals surface area contributed by atoms with Gasteiger partial charge in [-0.3, -0.25) is 4.72 Å². The predicted octanol–water partition coefficient (Wildman–Crippen LogP) is 2.83. The first-order valence-corrected chi connectivity index (χ1v) is 11.3. The van der Waals surface area contributed by atoms with E-state index in [-0.39, 0.29) is 21.4 Å². The fourth-order valence-corrected chi connectivity index (χ4v) is 4.53. The molecule has 2 N–H and O–H groups in total. The van der Waals surface area contributed by atoms with Crippen LogP contribution in [0.5, 0.6) is 0 Å². The molecule has 0 bridgehead atoms. The van der Waals surface area contributed by atoms with Crippen molar-refractivity contribution in [3.63, 3.8) is 0 Å². The van der Waals surface area contributed by atoms with E-state index >= 15 is 0 Å². The SMILES string of the molecule is Cc1cc(C)nc(NS(=O)(=O)c2ccc(NS(=O)(=O)c3cccc(F)c3)cc2)n1. The van der Waals surface area contributed by atoms with Crippen molar-refractivity contribution < 1.29 is 21.2 Å². The van der Waals surface area contributed by atoms with E-state index in [1.807, 2.05) is 0 Å². The van der Waals surface area contributed by atoms with Crippen molar-refractivity contribution >= 4 is 31.7 Å². The molecule has 3 rings (SSSR count). The quantitative estimate of drug-likeness (QED) is 0.613. The van der Waals surface area contributed by atoms with E-state index in [1.165, 1.54) is 36.4 Å². The minimum atomic E-state index is -4.02. The average molecular weight is 436 g/mol. The number of aromatic nitrogens is 2. The van der Waals surface area contributed by atoms with Gasteiger partial charge in [-0.25, -0.2) is 35.9 Å². The number of rotatable bonds is 6. The third-order valence-electron chi connectivity index (χ3n) is 3.73. The molecule has 8 nitrogen and oxygen atoms in total. The van der Waals surface area contributed by atoms with E-state index in [4.69, 9.17) is 0 Å². The number of nitrogens with one attached hydrogen (secondary N) is 2. The van der Waals surface area contributed by atoms with Crippen LogP contribution in [0.25, 0.3) is 0 Å². The van der Waals surface area contributed by atoms with E-state index in [2.05, 4.69) is 19.4 Å². The first-order valence-electron chi connectivity index (χ1n) is 8.29. The topological polar surface area (TPSA) is 118 Å². The third kappa shape index (κ3) is 5.06. The van der Waals surface area contributed by atoms with Crippen molar-refractivity contribution in [2.24, 2.45) is 0 Å². The largest absolute Gasteiger partial charge is 0.280 e. The van der Waals surface area contributed by atoms with Gasteiger partial charge in [-0.15, -0.1) is 0 Å². The molecule has 0 saturated heterocycles. The average Bonchev–Trinajstić information content (AvgIpc) is 2.60. The monoisotopic (exact) mass is 436 g/mol. The van der Waals surface area contributed by atoms with Crippen LogP contribution in [0, 0.1) is 19.7 Å². The first-order chi connectivity index (χ1) is 13.5. The zero-order valence-corrected chi connectivity index (χ0v) is 17.1. The van der Waals surface area contributed by atoms with E-state index in [9.17, 15) is 21.2 Å². The second-order valence-electron chi connectivity index (χ2n) is 6.17. The zero-order chi connectivity index (χ0) is 21.2. The van der Waals surface area contributed by atoms with Crippen LogP contribution in [0.2, 0.25) is 0 Å². The molecule has 152 valence electrons. The van der Waals surface area contributed by atoms with Crippen LogP contribution in [-0.2, 0) is 20.0 Å². The van der Waals surface area contributed by atoms with Crippen LogP contribution in [0.4, 0.5) is 16.0 Å². The van der Waals surface area contributed by atoms with E-state index in [0.29, 0.717) is 11.4 Å². The summed E-state index contributed by atoms with van der Waals surface area (Å²) in [5, 5.41) is 0. The Morgan fingerprint density at radius 3 is 1.93 bits per heavy atom. The molecule has 2 aromatic carbocycles. The van der Waals surface area contributed by atoms with Crippen LogP contribution in [-0.4, -0.2) is 26.8 Å². The van der Waals surface area contributed by atoms with Gasteiger partial charge in [-0.2, -0.15) is 0 Å². The van der Waals surface area contributed by atoms with Gasteiger partial charge in [0.25, 0.3) is 20.0 Å². The molecule has 0 aliphatic heterocycles. The van der Waals surface area contributed by atoms with Gasteiger partial charge in [0, 0.05) is 17.1 Å². The molecule has 0 amide bonds. The van der Waals surface area contributed by atoms with Crippen LogP contribution >= 0.6 is 0 Å². The number of nitrogens with zero attached hydrogens (tertiary/aromatic N) is 2. The van der Waals surface area contributed by atoms with Gasteiger partial charge in [-0.1, -0.05) is 6.07 Å². The van der Waals surface area contributed by atoms with Crippen LogP contribution in [0.3, 0.4) is 0 Å². The Balaban J connectivity index is 1.80. The fourth-order valence-electron chi connectivity index (χ4n) is 2.50. The Hall–Kier alpha value is -3.05. The van der Waals surface area contributed by atoms with Gasteiger partial charge in [0.1, 0.15) is 5.82 Å². The predicted molar refractivity (Wildman–Crippen MR) is 106 cm³/mol. The zero-order valence-electron chi connectivity index (χ0n) is 15.4. The fraction of sp³-hybridized carbons (Fsp3) is 0.111. The number of hydrogen-bond acceptors (Lipinski definition) is 6. The molecule has 0 aliphatic rings. The van der Waals surface area contributed by atoms with Crippen LogP contribution in [0.15, 0.2) is 64.4 Å². The molecule has 0 spiro atoms. The first kappa shape index (κ1) is 20.7. The summed E-state index contributed by atoms with van der Waals surface area (Å²) in [6, 6.07) is 11.3. The number of hydrogen-bond donors (Lipinski definition) is 2. The summed E-state index contributed by atoms with van der Waals surface area (Å²) in [5.41, 5.74) is 1.34. The van der Waals surface area contributed by atoms with Crippen molar-refractivity contribution in [2.75, 3.05) is 9.44 Å². The molecular formula is C18H17FN4O4S2. The molecule has 29 heavy (non-hydrogen) atoms. The summed E-state index contributed by atoms with van der Waals surface area (Å²) in [5.74, 6) is -0.743. The molecule has 0 atom stereocenters. The highest BCUT2D eigenvalue weighted by atomic mass is 32.2. The molecule has 3 aromatic rings. The summed E-state index contributed by atoms with van der Waals surface area (Å²) < 4.78 is 67.5. The molecule has 0 radical (unpaired) electrons. The van der Waals surface area contributed by atoms with E-state index in [0.717, 1.165) is 12.1 Å². The minimum absolute atomic E-state index is 0.0571. The number of aryl methyl sites for hydroxylation is 2. The normalized spacial score (nSPS) is 11.8. The molecular weight excluding hydrogens is 419 g/mol. The summed E-state index contributed by atoms with van der Waals surface area (Å²) in [7, 11) is -7.98. The maximum Gasteiger partial charge on any atom is 0.264 e. The van der Waals surface area contributed by atoms with Crippen molar-refractivity contribution in [3.8, 4) is 0 Å². The number of benzene rings is 2. The highest BCUT2D eigenvalue weighted by Crippen LogP contribution is 2.20. The maximum atomic E-state index is 13.3. The molecule has 0 unspecified atom stereocenters. The highest BCUT2D eigenvalue weighted by molar-refractivity contribution is 7.93. The van der Waals surface area contributed by atoms with Gasteiger partial charge >= 0.3 is 0 Å². The highest BCUT2D eigenvalue weighted by Gasteiger charge is 2.18. The molecule has 0 fully saturated rings. The Labute approximate surface area is 168 Å². The number of anilines is 2. The Bertz CT molecular complexity index is 1240. The molecule has 1 heterocycles. The number of sulfonamides is 2. The lowest BCUT2D eigenvalue weighted by atomic mass is 10.3. The third-order valence-corrected chi connectivity index (χ3v) is 6.45. The molecule has 1 aromatic heterocycles. The second-order valence-corrected chi connectivity index (χ2v) is 9.53. The minimum Gasteiger partial charge on any atom is -0.280 e. The van der Waals surface area contributed by atoms with Gasteiger partial charge in [-0.05, 0) is 62.4 Å². The lowest BCUT2D eigenvalue weighted by molar-refractivity contribution is 0.595. The summed E-state index contributed by atoms with van der Waals surface area (Å²) in [6.45, 7) is 3.43. The summed E-state index contributed by atoms with van der Waals surface area (Å²) in [6.07, 6.45) is 0. The molecule has 0 saturated carbocycles. The van der Waals surface area contributed by atoms with Gasteiger partial charge < -0.3 is 0 Å². The van der Waals surface area contributed by atoms with Gasteiger partial charge in [0.05, 0.1) is 9.79 Å². The van der Waals surface area contributed by atoms with E-state index < -0.39 is 25.9 Å². The Kier molecular flexibility index (Phi) is 5.53. The lowest BCUT2D eigenvalue weighted by Crippen LogP contribution is -2.16. The Morgan fingerprint density at radius 1 is 0.759 bits per heavy atom. The van der Waals surface area contributed by atoms with Gasteiger partial charge in [0.15, 0.2) is 0 Å². The van der Waals surface area contributed by atoms with E-state index in [1.54, 1.807) is 19.9 Å². The molecule has 0 aliphatic carbocycles. The van der Waals surface area contributed by atoms with Crippen molar-refractivity contribution in [1.82, 2.24) is 9.97 Å². The number of halogens is 1. The summed E-state index contributed by atoms with van der Waals surface area (Å²) >= 11 is 0. The Morgan fingerprint density at radius 2 is 1.34 bits per heavy atom. The van der Waals surface area contributed by atoms with Crippen LogP contribution < -0.4 is 9.44 Å².